The van der Waals surface area contributed by atoms with Gasteiger partial charge in [0.15, 0.2) is 5.78 Å². The number of Topliss-reactive ketones (excluding diaryl/α,β-unsaturated/α-hetero) is 1. The number of halogens is 4. The number of anilines is 1. The minimum absolute atomic E-state index is 0. The van der Waals surface area contributed by atoms with E-state index in [1.165, 1.54) is 24.4 Å². The lowest BCUT2D eigenvalue weighted by Crippen LogP contribution is -1.99. The number of pyridine rings is 4. The molecule has 0 aliphatic carbocycles. The highest BCUT2D eigenvalue weighted by molar-refractivity contribution is 9.09. The Labute approximate surface area is 219 Å². The van der Waals surface area contributed by atoms with Crippen LogP contribution in [0.2, 0.25) is 0 Å². The van der Waals surface area contributed by atoms with Gasteiger partial charge in [-0.2, -0.15) is 0 Å². The number of fused-ring (bicyclic) bond motifs is 1. The molecule has 5 aromatic rings. The first-order valence-corrected chi connectivity index (χ1v) is 11.0. The summed E-state index contributed by atoms with van der Waals surface area (Å²) in [5, 5.41) is 0.360. The fourth-order valence-electron chi connectivity index (χ4n) is 2.61. The molecule has 0 spiro atoms. The van der Waals surface area contributed by atoms with Crippen molar-refractivity contribution in [1.82, 2.24) is 24.3 Å². The number of carbonyl (C=O) groups excluding carboxylic acids is 1. The molecule has 5 aromatic heterocycles. The van der Waals surface area contributed by atoms with Crippen LogP contribution in [0.15, 0.2) is 91.9 Å². The maximum absolute atomic E-state index is 13.0. The molecule has 5 heterocycles. The quantitative estimate of drug-likeness (QED) is 0.213. The average molecular weight is 606 g/mol. The summed E-state index contributed by atoms with van der Waals surface area (Å²) in [5.74, 6) is -0.235. The van der Waals surface area contributed by atoms with E-state index in [2.05, 4.69) is 35.9 Å². The second-order valence-electron chi connectivity index (χ2n) is 6.68. The molecule has 0 amide bonds. The molecule has 0 aliphatic rings. The van der Waals surface area contributed by atoms with E-state index < -0.39 is 0 Å². The smallest absolute Gasteiger partial charge is 0.174 e. The normalized spacial score (nSPS) is 9.69. The van der Waals surface area contributed by atoms with Crippen molar-refractivity contribution < 1.29 is 13.6 Å². The molecule has 11 heteroatoms. The minimum atomic E-state index is -0.362. The zero-order chi connectivity index (χ0) is 24.3. The standard InChI is InChI=1S/C12H8FN3.C7H6BrNO.C5H5FN2.BrH/c13-10-3-4-12-15-11(8-16(12)7-10)9-2-1-5-14-6-9;8-4-7(10)6-2-1-3-9-5-6;6-4-1-2-5(7)8-3-4;/h1-8H;1-3,5H,4H2;1-3H,(H2,7,8);1H. The van der Waals surface area contributed by atoms with Crippen molar-refractivity contribution in [2.24, 2.45) is 0 Å². The molecule has 0 aliphatic heterocycles. The van der Waals surface area contributed by atoms with Crippen molar-refractivity contribution in [2.45, 2.75) is 0 Å². The Morgan fingerprint density at radius 3 is 2.20 bits per heavy atom. The molecule has 7 nitrogen and oxygen atoms in total. The van der Waals surface area contributed by atoms with Gasteiger partial charge in [-0.1, -0.05) is 15.9 Å². The summed E-state index contributed by atoms with van der Waals surface area (Å²) < 4.78 is 26.6. The largest absolute Gasteiger partial charge is 0.384 e. The van der Waals surface area contributed by atoms with Crippen molar-refractivity contribution in [3.8, 4) is 11.3 Å². The summed E-state index contributed by atoms with van der Waals surface area (Å²) in [5.41, 5.74) is 8.24. The van der Waals surface area contributed by atoms with E-state index in [1.54, 1.807) is 53.6 Å². The molecule has 35 heavy (non-hydrogen) atoms. The van der Waals surface area contributed by atoms with Crippen LogP contribution in [0.3, 0.4) is 0 Å². The molecule has 2 N–H and O–H groups in total. The first-order valence-electron chi connectivity index (χ1n) is 9.87. The number of carbonyl (C=O) groups is 1. The van der Waals surface area contributed by atoms with Crippen LogP contribution in [0.5, 0.6) is 0 Å². The highest BCUT2D eigenvalue weighted by Gasteiger charge is 2.04. The number of nitrogens with two attached hydrogens (primary N) is 1. The number of aromatic nitrogens is 5. The number of rotatable bonds is 3. The summed E-state index contributed by atoms with van der Waals surface area (Å²) >= 11 is 3.07. The van der Waals surface area contributed by atoms with Crippen molar-refractivity contribution in [3.05, 3.63) is 109 Å². The number of alkyl halides is 1. The SMILES string of the molecule is Br.Fc1ccc2nc(-c3cccnc3)cn2c1.Nc1ccc(F)cn1.O=C(CBr)c1cccnc1. The van der Waals surface area contributed by atoms with E-state index in [0.717, 1.165) is 23.1 Å². The number of ketones is 1. The molecule has 180 valence electrons. The van der Waals surface area contributed by atoms with Crippen molar-refractivity contribution in [3.63, 3.8) is 0 Å². The van der Waals surface area contributed by atoms with Gasteiger partial charge < -0.3 is 10.1 Å². The van der Waals surface area contributed by atoms with Crippen LogP contribution in [0.4, 0.5) is 14.6 Å². The lowest BCUT2D eigenvalue weighted by molar-refractivity contribution is 0.102. The van der Waals surface area contributed by atoms with Gasteiger partial charge in [0.25, 0.3) is 0 Å². The Balaban J connectivity index is 0.000000197. The Morgan fingerprint density at radius 1 is 0.914 bits per heavy atom. The maximum atomic E-state index is 13.0. The molecule has 0 saturated carbocycles. The summed E-state index contributed by atoms with van der Waals surface area (Å²) in [6.07, 6.45) is 10.9. The van der Waals surface area contributed by atoms with Gasteiger partial charge in [0.1, 0.15) is 23.1 Å². The topological polar surface area (TPSA) is 99.1 Å². The highest BCUT2D eigenvalue weighted by Crippen LogP contribution is 2.17. The van der Waals surface area contributed by atoms with Gasteiger partial charge in [-0.3, -0.25) is 14.8 Å². The number of nitrogen functional groups attached to an aromatic ring is 1. The van der Waals surface area contributed by atoms with Gasteiger partial charge in [-0.05, 0) is 48.5 Å². The summed E-state index contributed by atoms with van der Waals surface area (Å²) in [6.45, 7) is 0. The molecule has 0 bridgehead atoms. The minimum Gasteiger partial charge on any atom is -0.384 e. The molecule has 0 saturated heterocycles. The van der Waals surface area contributed by atoms with Crippen molar-refractivity contribution in [2.75, 3.05) is 11.1 Å². The summed E-state index contributed by atoms with van der Waals surface area (Å²) in [7, 11) is 0. The number of imidazole rings is 1. The van der Waals surface area contributed by atoms with Gasteiger partial charge in [0, 0.05) is 48.3 Å². The van der Waals surface area contributed by atoms with Crippen LogP contribution in [0.1, 0.15) is 10.4 Å². The predicted octanol–water partition coefficient (Wildman–Crippen LogP) is 5.58. The molecule has 0 unspecified atom stereocenters. The van der Waals surface area contributed by atoms with Crippen LogP contribution < -0.4 is 5.73 Å². The maximum Gasteiger partial charge on any atom is 0.174 e. The number of nitrogens with zero attached hydrogens (tertiary/aromatic N) is 5. The van der Waals surface area contributed by atoms with E-state index in [9.17, 15) is 13.6 Å². The molecule has 0 radical (unpaired) electrons. The fourth-order valence-corrected chi connectivity index (χ4v) is 2.93. The van der Waals surface area contributed by atoms with Gasteiger partial charge >= 0.3 is 0 Å². The number of hydrogen-bond acceptors (Lipinski definition) is 6. The highest BCUT2D eigenvalue weighted by atomic mass is 79.9. The molecule has 0 aromatic carbocycles. The van der Waals surface area contributed by atoms with Gasteiger partial charge in [-0.15, -0.1) is 17.0 Å². The van der Waals surface area contributed by atoms with Gasteiger partial charge in [-0.25, -0.2) is 18.7 Å². The predicted molar refractivity (Wildman–Crippen MR) is 140 cm³/mol. The lowest BCUT2D eigenvalue weighted by Gasteiger charge is -1.92. The first kappa shape index (κ1) is 27.7. The Bertz CT molecular complexity index is 1320. The molecule has 0 fully saturated rings. The Morgan fingerprint density at radius 2 is 1.63 bits per heavy atom. The molecule has 5 rings (SSSR count). The van der Waals surface area contributed by atoms with E-state index in [1.807, 2.05) is 12.1 Å². The molecular formula is C24H20Br2F2N6O. The van der Waals surface area contributed by atoms with Crippen LogP contribution in [0, 0.1) is 11.6 Å². The number of hydrogen-bond donors (Lipinski definition) is 1. The van der Waals surface area contributed by atoms with Crippen LogP contribution in [-0.4, -0.2) is 35.4 Å². The van der Waals surface area contributed by atoms with Gasteiger partial charge in [0.2, 0.25) is 0 Å². The average Bonchev–Trinajstić information content (AvgIpc) is 3.30. The third-order valence-electron chi connectivity index (χ3n) is 4.23. The van der Waals surface area contributed by atoms with Crippen LogP contribution in [-0.2, 0) is 0 Å². The van der Waals surface area contributed by atoms with Gasteiger partial charge in [0.05, 0.1) is 17.2 Å². The van der Waals surface area contributed by atoms with Crippen molar-refractivity contribution >= 4 is 50.2 Å². The van der Waals surface area contributed by atoms with E-state index in [4.69, 9.17) is 5.73 Å². The zero-order valence-corrected chi connectivity index (χ0v) is 21.4. The Hall–Kier alpha value is -3.57. The van der Waals surface area contributed by atoms with Crippen LogP contribution in [0.25, 0.3) is 16.9 Å². The second-order valence-corrected chi connectivity index (χ2v) is 7.24. The first-order chi connectivity index (χ1) is 16.5. The fraction of sp³-hybridized carbons (Fsp3) is 0.0417. The second kappa shape index (κ2) is 14.0. The molecular weight excluding hydrogens is 586 g/mol. The van der Waals surface area contributed by atoms with E-state index in [-0.39, 0.29) is 34.4 Å². The summed E-state index contributed by atoms with van der Waals surface area (Å²) in [4.78, 5) is 26.6. The van der Waals surface area contributed by atoms with E-state index in [0.29, 0.717) is 16.7 Å². The molecule has 0 atom stereocenters. The lowest BCUT2D eigenvalue weighted by atomic mass is 10.2. The summed E-state index contributed by atoms with van der Waals surface area (Å²) in [6, 6.07) is 13.0. The third kappa shape index (κ3) is 8.62. The van der Waals surface area contributed by atoms with E-state index >= 15 is 0 Å². The van der Waals surface area contributed by atoms with Crippen LogP contribution >= 0.6 is 32.9 Å². The Kier molecular flexibility index (Phi) is 11.0. The zero-order valence-electron chi connectivity index (χ0n) is 18.1. The third-order valence-corrected chi connectivity index (χ3v) is 4.74. The van der Waals surface area contributed by atoms with Crippen molar-refractivity contribution in [1.29, 1.82) is 0 Å². The monoisotopic (exact) mass is 604 g/mol.